The summed E-state index contributed by atoms with van der Waals surface area (Å²) < 4.78 is 0. The van der Waals surface area contributed by atoms with E-state index >= 15 is 0 Å². The van der Waals surface area contributed by atoms with Crippen LogP contribution < -0.4 is 10.6 Å². The van der Waals surface area contributed by atoms with Crippen molar-refractivity contribution in [2.24, 2.45) is 5.41 Å². The lowest BCUT2D eigenvalue weighted by Gasteiger charge is -2.35. The van der Waals surface area contributed by atoms with Crippen LogP contribution in [0.1, 0.15) is 39.5 Å². The van der Waals surface area contributed by atoms with E-state index in [1.54, 1.807) is 4.90 Å². The second-order valence-corrected chi connectivity index (χ2v) is 6.45. The summed E-state index contributed by atoms with van der Waals surface area (Å²) in [6.07, 6.45) is 4.18. The van der Waals surface area contributed by atoms with E-state index in [-0.39, 0.29) is 11.9 Å². The summed E-state index contributed by atoms with van der Waals surface area (Å²) in [4.78, 5) is 25.6. The molecule has 2 amide bonds. The van der Waals surface area contributed by atoms with Crippen LogP contribution in [0.2, 0.25) is 0 Å². The van der Waals surface area contributed by atoms with Gasteiger partial charge in [-0.05, 0) is 31.1 Å². The number of piperazine rings is 1. The highest BCUT2D eigenvalue weighted by atomic mass is 16.2. The molecule has 0 aromatic heterocycles. The van der Waals surface area contributed by atoms with E-state index in [0.29, 0.717) is 18.5 Å². The second kappa shape index (κ2) is 5.90. The first kappa shape index (κ1) is 14.3. The molecule has 0 unspecified atom stereocenters. The highest BCUT2D eigenvalue weighted by molar-refractivity contribution is 6.35. The maximum atomic E-state index is 12.0. The fourth-order valence-corrected chi connectivity index (χ4v) is 2.80. The van der Waals surface area contributed by atoms with Crippen LogP contribution in [0.25, 0.3) is 0 Å². The third-order valence-electron chi connectivity index (χ3n) is 4.27. The van der Waals surface area contributed by atoms with Crippen LogP contribution in [0.15, 0.2) is 0 Å². The Kier molecular flexibility index (Phi) is 4.45. The van der Waals surface area contributed by atoms with E-state index in [2.05, 4.69) is 24.5 Å². The molecule has 2 fully saturated rings. The minimum Gasteiger partial charge on any atom is -0.345 e. The van der Waals surface area contributed by atoms with Crippen molar-refractivity contribution in [3.63, 3.8) is 0 Å². The van der Waals surface area contributed by atoms with Crippen molar-refractivity contribution in [1.82, 2.24) is 15.5 Å². The highest BCUT2D eigenvalue weighted by Gasteiger charge is 2.30. The minimum absolute atomic E-state index is 0.174. The molecule has 2 aliphatic rings. The number of amides is 2. The van der Waals surface area contributed by atoms with Crippen molar-refractivity contribution in [2.75, 3.05) is 26.2 Å². The van der Waals surface area contributed by atoms with Crippen molar-refractivity contribution in [2.45, 2.75) is 45.6 Å². The topological polar surface area (TPSA) is 61.4 Å². The van der Waals surface area contributed by atoms with Crippen LogP contribution in [0.5, 0.6) is 0 Å². The minimum atomic E-state index is -0.424. The predicted molar refractivity (Wildman–Crippen MR) is 73.6 cm³/mol. The molecule has 0 aromatic rings. The summed E-state index contributed by atoms with van der Waals surface area (Å²) in [6.45, 7) is 7.33. The molecule has 1 heterocycles. The van der Waals surface area contributed by atoms with Gasteiger partial charge in [-0.15, -0.1) is 0 Å². The molecule has 2 N–H and O–H groups in total. The molecular weight excluding hydrogens is 242 g/mol. The molecule has 1 aliphatic carbocycles. The lowest BCUT2D eigenvalue weighted by atomic mass is 9.75. The molecule has 108 valence electrons. The average molecular weight is 267 g/mol. The van der Waals surface area contributed by atoms with Gasteiger partial charge in [-0.2, -0.15) is 0 Å². The Labute approximate surface area is 115 Å². The zero-order valence-electron chi connectivity index (χ0n) is 12.0. The summed E-state index contributed by atoms with van der Waals surface area (Å²) in [6, 6.07) is 0.174. The Morgan fingerprint density at radius 1 is 1.16 bits per heavy atom. The summed E-state index contributed by atoms with van der Waals surface area (Å²) in [5.41, 5.74) is 0.379. The van der Waals surface area contributed by atoms with Gasteiger partial charge in [0.1, 0.15) is 0 Å². The van der Waals surface area contributed by atoms with Gasteiger partial charge in [-0.1, -0.05) is 13.8 Å². The monoisotopic (exact) mass is 267 g/mol. The van der Waals surface area contributed by atoms with Crippen molar-refractivity contribution >= 4 is 11.8 Å². The number of carbonyl (C=O) groups is 2. The van der Waals surface area contributed by atoms with Crippen LogP contribution in [0.3, 0.4) is 0 Å². The first-order valence-electron chi connectivity index (χ1n) is 7.28. The normalized spacial score (nSPS) is 24.0. The molecule has 0 aromatic carbocycles. The largest absolute Gasteiger partial charge is 0.345 e. The fraction of sp³-hybridized carbons (Fsp3) is 0.857. The van der Waals surface area contributed by atoms with Gasteiger partial charge in [0.05, 0.1) is 0 Å². The Morgan fingerprint density at radius 2 is 1.74 bits per heavy atom. The summed E-state index contributed by atoms with van der Waals surface area (Å²) >= 11 is 0. The van der Waals surface area contributed by atoms with Gasteiger partial charge in [-0.25, -0.2) is 0 Å². The molecule has 0 atom stereocenters. The summed E-state index contributed by atoms with van der Waals surface area (Å²) in [7, 11) is 0. The highest BCUT2D eigenvalue weighted by Crippen LogP contribution is 2.34. The standard InChI is InChI=1S/C14H25N3O2/c1-14(2)5-3-11(4-6-14)16-12(18)13(19)17-9-7-15-8-10-17/h11,15H,3-10H2,1-2H3,(H,16,18). The number of hydrogen-bond donors (Lipinski definition) is 2. The zero-order chi connectivity index (χ0) is 13.9. The molecule has 0 spiro atoms. The predicted octanol–water partition coefficient (Wildman–Crippen LogP) is 0.503. The van der Waals surface area contributed by atoms with Crippen LogP contribution in [-0.4, -0.2) is 48.9 Å². The van der Waals surface area contributed by atoms with Crippen molar-refractivity contribution in [3.05, 3.63) is 0 Å². The van der Waals surface area contributed by atoms with Crippen molar-refractivity contribution in [1.29, 1.82) is 0 Å². The van der Waals surface area contributed by atoms with E-state index in [4.69, 9.17) is 0 Å². The van der Waals surface area contributed by atoms with E-state index in [1.807, 2.05) is 0 Å². The quantitative estimate of drug-likeness (QED) is 0.680. The van der Waals surface area contributed by atoms with Crippen molar-refractivity contribution < 1.29 is 9.59 Å². The maximum absolute atomic E-state index is 12.0. The van der Waals surface area contributed by atoms with E-state index in [1.165, 1.54) is 0 Å². The van der Waals surface area contributed by atoms with E-state index in [0.717, 1.165) is 38.8 Å². The second-order valence-electron chi connectivity index (χ2n) is 6.45. The molecule has 1 saturated carbocycles. The lowest BCUT2D eigenvalue weighted by Crippen LogP contribution is -2.53. The molecule has 0 radical (unpaired) electrons. The zero-order valence-corrected chi connectivity index (χ0v) is 12.0. The third-order valence-corrected chi connectivity index (χ3v) is 4.27. The van der Waals surface area contributed by atoms with Gasteiger partial charge in [0.15, 0.2) is 0 Å². The third kappa shape index (κ3) is 3.93. The van der Waals surface area contributed by atoms with Gasteiger partial charge in [0, 0.05) is 32.2 Å². The summed E-state index contributed by atoms with van der Waals surface area (Å²) in [5.74, 6) is -0.794. The van der Waals surface area contributed by atoms with Crippen LogP contribution in [0, 0.1) is 5.41 Å². The Hall–Kier alpha value is -1.10. The number of nitrogens with one attached hydrogen (secondary N) is 2. The number of rotatable bonds is 1. The van der Waals surface area contributed by atoms with E-state index < -0.39 is 5.91 Å². The van der Waals surface area contributed by atoms with Gasteiger partial charge in [-0.3, -0.25) is 9.59 Å². The van der Waals surface area contributed by atoms with Gasteiger partial charge < -0.3 is 15.5 Å². The van der Waals surface area contributed by atoms with Crippen LogP contribution in [0.4, 0.5) is 0 Å². The molecular formula is C14H25N3O2. The molecule has 0 bridgehead atoms. The van der Waals surface area contributed by atoms with Gasteiger partial charge >= 0.3 is 11.8 Å². The Bertz CT molecular complexity index is 339. The SMILES string of the molecule is CC1(C)CCC(NC(=O)C(=O)N2CCNCC2)CC1. The fourth-order valence-electron chi connectivity index (χ4n) is 2.80. The Balaban J connectivity index is 1.79. The molecule has 1 saturated heterocycles. The Morgan fingerprint density at radius 3 is 2.32 bits per heavy atom. The first-order valence-corrected chi connectivity index (χ1v) is 7.28. The van der Waals surface area contributed by atoms with Crippen LogP contribution >= 0.6 is 0 Å². The number of nitrogens with zero attached hydrogens (tertiary/aromatic N) is 1. The number of hydrogen-bond acceptors (Lipinski definition) is 3. The molecule has 5 heteroatoms. The summed E-state index contributed by atoms with van der Waals surface area (Å²) in [5, 5.41) is 6.08. The molecule has 2 rings (SSSR count). The average Bonchev–Trinajstić information content (AvgIpc) is 2.41. The van der Waals surface area contributed by atoms with Gasteiger partial charge in [0.2, 0.25) is 0 Å². The maximum Gasteiger partial charge on any atom is 0.311 e. The molecule has 19 heavy (non-hydrogen) atoms. The lowest BCUT2D eigenvalue weighted by molar-refractivity contribution is -0.146. The number of carbonyl (C=O) groups excluding carboxylic acids is 2. The van der Waals surface area contributed by atoms with Crippen molar-refractivity contribution in [3.8, 4) is 0 Å². The van der Waals surface area contributed by atoms with E-state index in [9.17, 15) is 9.59 Å². The smallest absolute Gasteiger partial charge is 0.311 e. The van der Waals surface area contributed by atoms with Gasteiger partial charge in [0.25, 0.3) is 0 Å². The molecule has 1 aliphatic heterocycles. The molecule has 5 nitrogen and oxygen atoms in total. The first-order chi connectivity index (χ1) is 8.98. The van der Waals surface area contributed by atoms with Crippen LogP contribution in [-0.2, 0) is 9.59 Å².